The van der Waals surface area contributed by atoms with Crippen molar-refractivity contribution in [3.05, 3.63) is 53.2 Å². The van der Waals surface area contributed by atoms with Crippen LogP contribution in [0.5, 0.6) is 0 Å². The molecule has 2 saturated heterocycles. The van der Waals surface area contributed by atoms with Gasteiger partial charge in [0.05, 0.1) is 4.90 Å². The Bertz CT molecular complexity index is 1030. The minimum absolute atomic E-state index is 0.0259. The number of piperidine rings is 2. The van der Waals surface area contributed by atoms with Gasteiger partial charge in [-0.3, -0.25) is 4.79 Å². The molecule has 1 aromatic heterocycles. The van der Waals surface area contributed by atoms with Crippen molar-refractivity contribution < 1.29 is 13.2 Å². The zero-order valence-electron chi connectivity index (χ0n) is 18.0. The average Bonchev–Trinajstić information content (AvgIpc) is 2.83. The number of carbonyl (C=O) groups excluding carboxylic acids is 1. The molecule has 0 unspecified atom stereocenters. The first kappa shape index (κ1) is 23.0. The fourth-order valence-electron chi connectivity index (χ4n) is 4.40. The molecule has 0 atom stereocenters. The van der Waals surface area contributed by atoms with Crippen molar-refractivity contribution in [3.63, 3.8) is 0 Å². The maximum Gasteiger partial charge on any atom is 0.243 e. The number of hydrogen-bond donors (Lipinski definition) is 1. The highest BCUT2D eigenvalue weighted by atomic mass is 35.5. The minimum atomic E-state index is -3.57. The lowest BCUT2D eigenvalue weighted by atomic mass is 9.97. The van der Waals surface area contributed by atoms with Crippen LogP contribution in [0.4, 0.5) is 5.82 Å². The van der Waals surface area contributed by atoms with Gasteiger partial charge in [-0.1, -0.05) is 17.7 Å². The highest BCUT2D eigenvalue weighted by Crippen LogP contribution is 2.26. The monoisotopic (exact) mass is 476 g/mol. The Morgan fingerprint density at radius 2 is 1.72 bits per heavy atom. The van der Waals surface area contributed by atoms with Gasteiger partial charge in [0, 0.05) is 55.4 Å². The molecule has 32 heavy (non-hydrogen) atoms. The number of nitrogens with zero attached hydrogens (tertiary/aromatic N) is 3. The summed E-state index contributed by atoms with van der Waals surface area (Å²) in [6, 6.07) is 10.1. The molecule has 2 aromatic rings. The van der Waals surface area contributed by atoms with Crippen LogP contribution in [0.15, 0.2) is 47.5 Å². The number of rotatable bonds is 6. The summed E-state index contributed by atoms with van der Waals surface area (Å²) in [5.74, 6) is 0.736. The van der Waals surface area contributed by atoms with Crippen LogP contribution in [0.2, 0.25) is 5.02 Å². The highest BCUT2D eigenvalue weighted by molar-refractivity contribution is 7.89. The number of aromatic nitrogens is 1. The summed E-state index contributed by atoms with van der Waals surface area (Å²) in [4.78, 5) is 19.9. The summed E-state index contributed by atoms with van der Waals surface area (Å²) in [7, 11) is -3.57. The van der Waals surface area contributed by atoms with Gasteiger partial charge in [-0.05, 0) is 62.4 Å². The Labute approximate surface area is 194 Å². The van der Waals surface area contributed by atoms with E-state index in [9.17, 15) is 13.2 Å². The van der Waals surface area contributed by atoms with Gasteiger partial charge in [-0.15, -0.1) is 0 Å². The molecule has 1 amide bonds. The lowest BCUT2D eigenvalue weighted by molar-refractivity contribution is -0.126. The van der Waals surface area contributed by atoms with Crippen molar-refractivity contribution in [2.24, 2.45) is 5.92 Å². The van der Waals surface area contributed by atoms with E-state index in [1.54, 1.807) is 18.3 Å². The van der Waals surface area contributed by atoms with Crippen LogP contribution < -0.4 is 10.2 Å². The third kappa shape index (κ3) is 5.24. The first-order valence-corrected chi connectivity index (χ1v) is 13.0. The zero-order chi connectivity index (χ0) is 22.6. The number of benzene rings is 1. The Morgan fingerprint density at radius 3 is 2.41 bits per heavy atom. The summed E-state index contributed by atoms with van der Waals surface area (Å²) in [5, 5.41) is 3.55. The number of nitrogens with one attached hydrogen (secondary N) is 1. The quantitative estimate of drug-likeness (QED) is 0.690. The number of anilines is 1. The van der Waals surface area contributed by atoms with Crippen LogP contribution in [0, 0.1) is 5.92 Å². The van der Waals surface area contributed by atoms with E-state index in [2.05, 4.69) is 15.2 Å². The molecule has 4 rings (SSSR count). The second-order valence-electron chi connectivity index (χ2n) is 8.38. The van der Waals surface area contributed by atoms with Crippen LogP contribution >= 0.6 is 11.6 Å². The molecule has 1 aromatic carbocycles. The molecule has 0 radical (unpaired) electrons. The number of sulfonamides is 1. The van der Waals surface area contributed by atoms with Gasteiger partial charge in [-0.2, -0.15) is 4.31 Å². The van der Waals surface area contributed by atoms with E-state index in [0.717, 1.165) is 24.5 Å². The summed E-state index contributed by atoms with van der Waals surface area (Å²) in [6.07, 6.45) is 6.39. The van der Waals surface area contributed by atoms with Crippen molar-refractivity contribution in [1.82, 2.24) is 14.6 Å². The molecule has 2 aliphatic heterocycles. The molecule has 0 spiro atoms. The molecule has 1 N–H and O–H groups in total. The van der Waals surface area contributed by atoms with Crippen molar-refractivity contribution in [2.45, 2.75) is 43.5 Å². The number of pyridine rings is 1. The molecule has 0 saturated carbocycles. The number of halogens is 1. The predicted molar refractivity (Wildman–Crippen MR) is 125 cm³/mol. The largest absolute Gasteiger partial charge is 0.356 e. The third-order valence-corrected chi connectivity index (χ3v) is 8.42. The van der Waals surface area contributed by atoms with Gasteiger partial charge >= 0.3 is 0 Å². The number of amides is 1. The third-order valence-electron chi connectivity index (χ3n) is 6.25. The average molecular weight is 477 g/mol. The lowest BCUT2D eigenvalue weighted by Crippen LogP contribution is -2.43. The van der Waals surface area contributed by atoms with Crippen LogP contribution in [0.3, 0.4) is 0 Å². The van der Waals surface area contributed by atoms with Crippen molar-refractivity contribution in [2.75, 3.05) is 31.1 Å². The Morgan fingerprint density at radius 1 is 1.03 bits per heavy atom. The molecular weight excluding hydrogens is 448 g/mol. The smallest absolute Gasteiger partial charge is 0.243 e. The van der Waals surface area contributed by atoms with Crippen molar-refractivity contribution in [1.29, 1.82) is 0 Å². The van der Waals surface area contributed by atoms with Gasteiger partial charge in [0.1, 0.15) is 5.82 Å². The van der Waals surface area contributed by atoms with E-state index in [0.29, 0.717) is 37.5 Å². The van der Waals surface area contributed by atoms with Crippen LogP contribution in [-0.4, -0.2) is 49.8 Å². The molecule has 3 heterocycles. The highest BCUT2D eigenvalue weighted by Gasteiger charge is 2.32. The van der Waals surface area contributed by atoms with Gasteiger partial charge in [0.25, 0.3) is 0 Å². The zero-order valence-corrected chi connectivity index (χ0v) is 19.6. The molecule has 0 aliphatic carbocycles. The van der Waals surface area contributed by atoms with E-state index in [1.165, 1.54) is 35.7 Å². The SMILES string of the molecule is O=C(NCc1cccnc1N1CCCCC1)C1CCN(S(=O)(=O)c2ccc(Cl)cc2)CC1. The van der Waals surface area contributed by atoms with E-state index < -0.39 is 10.0 Å². The molecule has 2 aliphatic rings. The van der Waals surface area contributed by atoms with Gasteiger partial charge < -0.3 is 10.2 Å². The lowest BCUT2D eigenvalue weighted by Gasteiger charge is -2.31. The first-order chi connectivity index (χ1) is 15.4. The Kier molecular flexibility index (Phi) is 7.33. The van der Waals surface area contributed by atoms with Crippen molar-refractivity contribution in [3.8, 4) is 0 Å². The molecule has 9 heteroatoms. The van der Waals surface area contributed by atoms with E-state index >= 15 is 0 Å². The van der Waals surface area contributed by atoms with Crippen LogP contribution in [-0.2, 0) is 21.4 Å². The van der Waals surface area contributed by atoms with Crippen LogP contribution in [0.25, 0.3) is 0 Å². The summed E-state index contributed by atoms with van der Waals surface area (Å²) in [6.45, 7) is 3.09. The summed E-state index contributed by atoms with van der Waals surface area (Å²) >= 11 is 5.87. The molecule has 7 nitrogen and oxygen atoms in total. The fourth-order valence-corrected chi connectivity index (χ4v) is 6.00. The minimum Gasteiger partial charge on any atom is -0.356 e. The second-order valence-corrected chi connectivity index (χ2v) is 10.8. The Balaban J connectivity index is 1.32. The van der Waals surface area contributed by atoms with Gasteiger partial charge in [0.2, 0.25) is 15.9 Å². The van der Waals surface area contributed by atoms with Crippen molar-refractivity contribution >= 4 is 33.3 Å². The van der Waals surface area contributed by atoms with Gasteiger partial charge in [-0.25, -0.2) is 13.4 Å². The summed E-state index contributed by atoms with van der Waals surface area (Å²) < 4.78 is 27.1. The maximum absolute atomic E-state index is 12.8. The Hall–Kier alpha value is -2.16. The molecule has 172 valence electrons. The fraction of sp³-hybridized carbons (Fsp3) is 0.478. The predicted octanol–water partition coefficient (Wildman–Crippen LogP) is 3.44. The number of hydrogen-bond acceptors (Lipinski definition) is 5. The maximum atomic E-state index is 12.8. The normalized spacial score (nSPS) is 18.5. The summed E-state index contributed by atoms with van der Waals surface area (Å²) in [5.41, 5.74) is 1.02. The topological polar surface area (TPSA) is 82.6 Å². The molecular formula is C23H29ClN4O3S. The van der Waals surface area contributed by atoms with E-state index in [-0.39, 0.29) is 16.7 Å². The standard InChI is InChI=1S/C23H29ClN4O3S/c24-20-6-8-21(9-7-20)32(30,31)28-15-10-18(11-16-28)23(29)26-17-19-5-4-12-25-22(19)27-13-2-1-3-14-27/h4-9,12,18H,1-3,10-11,13-17H2,(H,26,29). The van der Waals surface area contributed by atoms with E-state index in [1.807, 2.05) is 12.1 Å². The van der Waals surface area contributed by atoms with E-state index in [4.69, 9.17) is 11.6 Å². The molecule has 2 fully saturated rings. The second kappa shape index (κ2) is 10.2. The molecule has 0 bridgehead atoms. The first-order valence-electron chi connectivity index (χ1n) is 11.2. The van der Waals surface area contributed by atoms with Crippen LogP contribution in [0.1, 0.15) is 37.7 Å². The number of carbonyl (C=O) groups is 1. The van der Waals surface area contributed by atoms with Gasteiger partial charge in [0.15, 0.2) is 0 Å².